The van der Waals surface area contributed by atoms with Crippen LogP contribution in [0.1, 0.15) is 38.5 Å². The molecule has 1 N–H and O–H groups in total. The van der Waals surface area contributed by atoms with Gasteiger partial charge in [-0.3, -0.25) is 14.5 Å². The summed E-state index contributed by atoms with van der Waals surface area (Å²) in [4.78, 5) is 30.7. The molecule has 2 atom stereocenters. The number of carbonyl (C=O) groups is 2. The molecule has 0 radical (unpaired) electrons. The Hall–Kier alpha value is -1.80. The zero-order valence-corrected chi connectivity index (χ0v) is 21.8. The quantitative estimate of drug-likeness (QED) is 0.569. The van der Waals surface area contributed by atoms with E-state index in [0.29, 0.717) is 12.8 Å². The molecule has 4 aliphatic rings. The maximum Gasteiger partial charge on any atom is 0.243 e. The summed E-state index contributed by atoms with van der Waals surface area (Å²) in [6.07, 6.45) is 2.88. The minimum absolute atomic E-state index is 0.0182. The summed E-state index contributed by atoms with van der Waals surface area (Å²) < 4.78 is 27.1. The lowest BCUT2D eigenvalue weighted by atomic mass is 10.1. The lowest BCUT2D eigenvalue weighted by molar-refractivity contribution is -0.140. The largest absolute Gasteiger partial charge is 0.338 e. The van der Waals surface area contributed by atoms with Crippen LogP contribution < -0.4 is 5.32 Å². The minimum atomic E-state index is -3.81. The van der Waals surface area contributed by atoms with Crippen molar-refractivity contribution < 1.29 is 18.0 Å². The van der Waals surface area contributed by atoms with Crippen molar-refractivity contribution in [1.29, 1.82) is 5.26 Å². The van der Waals surface area contributed by atoms with Crippen LogP contribution in [-0.2, 0) is 19.4 Å². The number of hydrogen-bond donors (Lipinski definition) is 1. The topological polar surface area (TPSA) is 111 Å². The Morgan fingerprint density at radius 1 is 1.17 bits per heavy atom. The van der Waals surface area contributed by atoms with E-state index in [-0.39, 0.29) is 41.1 Å². The maximum absolute atomic E-state index is 13.9. The van der Waals surface area contributed by atoms with E-state index in [2.05, 4.69) is 16.3 Å². The number of likely N-dealkylation sites (tertiary alicyclic amines) is 1. The normalized spacial score (nSPS) is 27.1. The van der Waals surface area contributed by atoms with E-state index in [1.807, 2.05) is 11.8 Å². The van der Waals surface area contributed by atoms with Crippen LogP contribution in [0.15, 0.2) is 29.2 Å². The van der Waals surface area contributed by atoms with Gasteiger partial charge in [0.25, 0.3) is 0 Å². The molecule has 2 heterocycles. The zero-order valence-electron chi connectivity index (χ0n) is 19.4. The number of nitrogens with zero attached hydrogens (tertiary/aromatic N) is 3. The maximum atomic E-state index is 13.9. The van der Waals surface area contributed by atoms with Gasteiger partial charge in [0.15, 0.2) is 9.84 Å². The van der Waals surface area contributed by atoms with E-state index in [4.69, 9.17) is 11.6 Å². The molecule has 4 fully saturated rings. The van der Waals surface area contributed by atoms with Crippen LogP contribution in [-0.4, -0.2) is 83.5 Å². The standard InChI is InChI=1S/C24H29ClN4O4S2/c25-19-3-1-2-4-20(19)35(32,33)18-13-17(14-21(30)27-23(16-26)5-6-23)29(15-18)22(31)24(7-8-24)28-9-11-34-12-10-28/h1-4,17-18H,5-15H2,(H,27,30)/t17-,18-/m1/s1. The highest BCUT2D eigenvalue weighted by Gasteiger charge is 2.59. The van der Waals surface area contributed by atoms with Crippen molar-refractivity contribution in [3.8, 4) is 6.07 Å². The van der Waals surface area contributed by atoms with Crippen molar-refractivity contribution in [1.82, 2.24) is 15.1 Å². The fourth-order valence-corrected chi connectivity index (χ4v) is 8.52. The molecule has 0 unspecified atom stereocenters. The lowest BCUT2D eigenvalue weighted by Gasteiger charge is -2.37. The van der Waals surface area contributed by atoms with Gasteiger partial charge in [-0.1, -0.05) is 23.7 Å². The van der Waals surface area contributed by atoms with Crippen LogP contribution in [0.3, 0.4) is 0 Å². The number of nitrogens with one attached hydrogen (secondary N) is 1. The smallest absolute Gasteiger partial charge is 0.243 e. The molecule has 0 bridgehead atoms. The monoisotopic (exact) mass is 536 g/mol. The highest BCUT2D eigenvalue weighted by Crippen LogP contribution is 2.46. The second kappa shape index (κ2) is 9.25. The molecular formula is C24H29ClN4O4S2. The molecule has 8 nitrogen and oxygen atoms in total. The number of halogens is 1. The Bertz CT molecular complexity index is 1170. The molecule has 188 valence electrons. The first kappa shape index (κ1) is 24.9. The summed E-state index contributed by atoms with van der Waals surface area (Å²) in [5.74, 6) is 1.56. The van der Waals surface area contributed by atoms with E-state index < -0.39 is 32.2 Å². The van der Waals surface area contributed by atoms with Crippen molar-refractivity contribution in [2.75, 3.05) is 31.1 Å². The van der Waals surface area contributed by atoms with E-state index in [1.54, 1.807) is 23.1 Å². The van der Waals surface area contributed by atoms with Gasteiger partial charge in [-0.05, 0) is 44.2 Å². The highest BCUT2D eigenvalue weighted by molar-refractivity contribution is 7.99. The fraction of sp³-hybridized carbons (Fsp3) is 0.625. The number of rotatable bonds is 7. The SMILES string of the molecule is N#CC1(NC(=O)C[C@H]2C[C@@H](S(=O)(=O)c3ccccc3Cl)CN2C(=O)C2(N3CCSCC3)CC2)CC1. The Balaban J connectivity index is 1.40. The number of carbonyl (C=O) groups excluding carboxylic acids is 2. The Morgan fingerprint density at radius 2 is 1.86 bits per heavy atom. The van der Waals surface area contributed by atoms with Gasteiger partial charge in [-0.15, -0.1) is 0 Å². The minimum Gasteiger partial charge on any atom is -0.338 e. The second-order valence-electron chi connectivity index (χ2n) is 10.0. The zero-order chi connectivity index (χ0) is 24.8. The summed E-state index contributed by atoms with van der Waals surface area (Å²) >= 11 is 8.10. The lowest BCUT2D eigenvalue weighted by Crippen LogP contribution is -2.55. The van der Waals surface area contributed by atoms with E-state index in [9.17, 15) is 23.3 Å². The number of amides is 2. The highest BCUT2D eigenvalue weighted by atomic mass is 35.5. The van der Waals surface area contributed by atoms with Crippen molar-refractivity contribution in [2.24, 2.45) is 0 Å². The van der Waals surface area contributed by atoms with Gasteiger partial charge in [0.1, 0.15) is 11.1 Å². The average Bonchev–Trinajstić information content (AvgIpc) is 3.77. The molecule has 2 saturated heterocycles. The predicted molar refractivity (Wildman–Crippen MR) is 134 cm³/mol. The summed E-state index contributed by atoms with van der Waals surface area (Å²) in [7, 11) is -3.81. The van der Waals surface area contributed by atoms with Crippen molar-refractivity contribution in [3.05, 3.63) is 29.3 Å². The first-order valence-corrected chi connectivity index (χ1v) is 15.1. The van der Waals surface area contributed by atoms with Crippen molar-refractivity contribution in [2.45, 2.75) is 65.8 Å². The molecule has 35 heavy (non-hydrogen) atoms. The van der Waals surface area contributed by atoms with E-state index in [1.165, 1.54) is 6.07 Å². The Kier molecular flexibility index (Phi) is 6.58. The molecule has 5 rings (SSSR count). The molecular weight excluding hydrogens is 508 g/mol. The van der Waals surface area contributed by atoms with Crippen LogP contribution >= 0.6 is 23.4 Å². The van der Waals surface area contributed by atoms with Gasteiger partial charge in [-0.2, -0.15) is 17.0 Å². The van der Waals surface area contributed by atoms with Gasteiger partial charge in [0, 0.05) is 43.6 Å². The van der Waals surface area contributed by atoms with Crippen molar-refractivity contribution in [3.63, 3.8) is 0 Å². The third-order valence-corrected chi connectivity index (χ3v) is 11.3. The first-order chi connectivity index (χ1) is 16.7. The molecule has 1 aromatic rings. The second-order valence-corrected chi connectivity index (χ2v) is 13.9. The van der Waals surface area contributed by atoms with Crippen LogP contribution in [0.5, 0.6) is 0 Å². The van der Waals surface area contributed by atoms with Crippen molar-refractivity contribution >= 4 is 45.0 Å². The number of benzene rings is 1. The number of hydrogen-bond acceptors (Lipinski definition) is 7. The third-order valence-electron chi connectivity index (χ3n) is 7.72. The summed E-state index contributed by atoms with van der Waals surface area (Å²) in [5, 5.41) is 11.4. The molecule has 0 spiro atoms. The molecule has 11 heteroatoms. The summed E-state index contributed by atoms with van der Waals surface area (Å²) in [5.41, 5.74) is -1.39. The van der Waals surface area contributed by atoms with Gasteiger partial charge in [-0.25, -0.2) is 8.42 Å². The van der Waals surface area contributed by atoms with Gasteiger partial charge in [0.2, 0.25) is 11.8 Å². The van der Waals surface area contributed by atoms with E-state index in [0.717, 1.165) is 37.4 Å². The number of nitriles is 1. The van der Waals surface area contributed by atoms with Gasteiger partial charge in [0.05, 0.1) is 21.2 Å². The third kappa shape index (κ3) is 4.68. The Labute approximate surface area is 215 Å². The number of thioether (sulfide) groups is 1. The fourth-order valence-electron chi connectivity index (χ4n) is 5.36. The molecule has 2 amide bonds. The average molecular weight is 537 g/mol. The molecule has 2 aliphatic carbocycles. The van der Waals surface area contributed by atoms with Crippen LogP contribution in [0.25, 0.3) is 0 Å². The predicted octanol–water partition coefficient (Wildman–Crippen LogP) is 2.23. The first-order valence-electron chi connectivity index (χ1n) is 12.1. The van der Waals surface area contributed by atoms with E-state index >= 15 is 0 Å². The molecule has 1 aromatic carbocycles. The molecule has 2 aliphatic heterocycles. The number of sulfone groups is 1. The van der Waals surface area contributed by atoms with Gasteiger partial charge >= 0.3 is 0 Å². The van der Waals surface area contributed by atoms with Crippen LogP contribution in [0, 0.1) is 11.3 Å². The molecule has 0 aromatic heterocycles. The van der Waals surface area contributed by atoms with Crippen LogP contribution in [0.4, 0.5) is 0 Å². The Morgan fingerprint density at radius 3 is 2.46 bits per heavy atom. The summed E-state index contributed by atoms with van der Waals surface area (Å²) in [6.45, 7) is 1.71. The van der Waals surface area contributed by atoms with Gasteiger partial charge < -0.3 is 10.2 Å². The summed E-state index contributed by atoms with van der Waals surface area (Å²) in [6, 6.07) is 7.94. The van der Waals surface area contributed by atoms with Crippen LogP contribution in [0.2, 0.25) is 5.02 Å². The molecule has 2 saturated carbocycles.